The zero-order valence-electron chi connectivity index (χ0n) is 29.1. The molecule has 0 radical (unpaired) electrons. The highest BCUT2D eigenvalue weighted by Crippen LogP contribution is 2.38. The molecule has 2 fully saturated rings. The number of amides is 1. The number of carbonyl (C=O) groups is 5. The number of hydrogen-bond donors (Lipinski definition) is 3. The molecule has 288 valence electrons. The van der Waals surface area contributed by atoms with Crippen molar-refractivity contribution in [3.8, 4) is 0 Å². The van der Waals surface area contributed by atoms with Crippen molar-refractivity contribution in [2.75, 3.05) is 19.8 Å². The number of alkyl carbamates (subject to hydrolysis) is 1. The van der Waals surface area contributed by atoms with E-state index in [0.717, 1.165) is 27.7 Å². The van der Waals surface area contributed by atoms with Crippen molar-refractivity contribution in [1.82, 2.24) is 5.32 Å². The summed E-state index contributed by atoms with van der Waals surface area (Å²) < 4.78 is 48.6. The minimum atomic E-state index is -2.49. The molecule has 0 aromatic heterocycles. The molecule has 50 heavy (non-hydrogen) atoms. The number of nitrogens with one attached hydrogen (secondary N) is 1. The van der Waals surface area contributed by atoms with Crippen LogP contribution in [-0.4, -0.2) is 133 Å². The van der Waals surface area contributed by atoms with Crippen LogP contribution in [-0.2, 0) is 61.5 Å². The van der Waals surface area contributed by atoms with Crippen molar-refractivity contribution < 1.29 is 76.5 Å². The molecule has 0 aliphatic carbocycles. The molecule has 2 aliphatic rings. The number of hydrogen-bond acceptors (Lipinski definition) is 16. The first-order chi connectivity index (χ1) is 22.8. The first-order valence-corrected chi connectivity index (χ1v) is 19.5. The fraction of sp³-hybridized carbons (Fsp3) is 0.828. The monoisotopic (exact) mass is 797 g/mol. The van der Waals surface area contributed by atoms with Gasteiger partial charge in [0.05, 0.1) is 6.61 Å². The molecule has 1 amide bonds. The van der Waals surface area contributed by atoms with E-state index >= 15 is 0 Å². The largest absolute Gasteiger partial charge is 0.463 e. The fourth-order valence-corrected chi connectivity index (χ4v) is 5.86. The Kier molecular flexibility index (Phi) is 16.0. The van der Waals surface area contributed by atoms with Gasteiger partial charge < -0.3 is 57.9 Å². The van der Waals surface area contributed by atoms with Crippen LogP contribution in [0.15, 0.2) is 0 Å². The highest BCUT2D eigenvalue weighted by atomic mass is 35.6. The molecule has 3 N–H and O–H groups in total. The van der Waals surface area contributed by atoms with E-state index in [2.05, 4.69) is 5.32 Å². The lowest BCUT2D eigenvalue weighted by Gasteiger charge is -2.48. The summed E-state index contributed by atoms with van der Waals surface area (Å²) in [5.74, 6) is -3.34. The van der Waals surface area contributed by atoms with Crippen molar-refractivity contribution in [2.45, 2.75) is 132 Å². The Morgan fingerprint density at radius 3 is 1.76 bits per heavy atom. The van der Waals surface area contributed by atoms with Gasteiger partial charge in [0.25, 0.3) is 0 Å². The average Bonchev–Trinajstić information content (AvgIpc) is 2.94. The van der Waals surface area contributed by atoms with Gasteiger partial charge in [-0.3, -0.25) is 19.2 Å². The number of aliphatic hydroxyl groups excluding tert-OH is 2. The van der Waals surface area contributed by atoms with E-state index in [1.807, 2.05) is 33.9 Å². The molecular weight excluding hydrogens is 753 g/mol. The normalized spacial score (nSPS) is 30.4. The van der Waals surface area contributed by atoms with E-state index in [0.29, 0.717) is 0 Å². The lowest BCUT2D eigenvalue weighted by Crippen LogP contribution is -2.68. The summed E-state index contributed by atoms with van der Waals surface area (Å²) in [6, 6.07) is -1.63. The quantitative estimate of drug-likeness (QED) is 0.111. The van der Waals surface area contributed by atoms with Crippen molar-refractivity contribution >= 4 is 73.1 Å². The molecule has 2 saturated heterocycles. The van der Waals surface area contributed by atoms with Crippen LogP contribution in [0.4, 0.5) is 4.79 Å². The molecule has 0 spiro atoms. The second-order valence-corrected chi connectivity index (χ2v) is 20.5. The second-order valence-electron chi connectivity index (χ2n) is 13.2. The van der Waals surface area contributed by atoms with Crippen molar-refractivity contribution in [3.63, 3.8) is 0 Å². The summed E-state index contributed by atoms with van der Waals surface area (Å²) in [6.07, 6.45) is -15.5. The van der Waals surface area contributed by atoms with Crippen LogP contribution < -0.4 is 5.32 Å². The maximum absolute atomic E-state index is 12.5. The minimum absolute atomic E-state index is 0.245. The maximum Gasteiger partial charge on any atom is 0.407 e. The van der Waals surface area contributed by atoms with Crippen LogP contribution in [0.25, 0.3) is 0 Å². The Labute approximate surface area is 305 Å². The van der Waals surface area contributed by atoms with Gasteiger partial charge in [0.2, 0.25) is 3.79 Å². The van der Waals surface area contributed by atoms with Gasteiger partial charge in [-0.25, -0.2) is 4.79 Å². The highest BCUT2D eigenvalue weighted by molar-refractivity contribution is 6.74. The Bertz CT molecular complexity index is 1210. The molecule has 0 aromatic carbocycles. The zero-order valence-corrected chi connectivity index (χ0v) is 32.4. The first-order valence-electron chi connectivity index (χ1n) is 15.4. The Hall–Kier alpha value is -2.00. The van der Waals surface area contributed by atoms with E-state index in [1.165, 1.54) is 0 Å². The summed E-state index contributed by atoms with van der Waals surface area (Å²) in [5.41, 5.74) is 0. The predicted octanol–water partition coefficient (Wildman–Crippen LogP) is 2.02. The van der Waals surface area contributed by atoms with Crippen LogP contribution in [0.3, 0.4) is 0 Å². The van der Waals surface area contributed by atoms with E-state index in [1.54, 1.807) is 0 Å². The molecule has 2 rings (SSSR count). The number of esters is 4. The summed E-state index contributed by atoms with van der Waals surface area (Å²) >= 11 is 16.9. The number of alkyl halides is 3. The van der Waals surface area contributed by atoms with E-state index < -0.39 is 117 Å². The molecule has 17 nitrogen and oxygen atoms in total. The topological polar surface area (TPSA) is 221 Å². The predicted molar refractivity (Wildman–Crippen MR) is 175 cm³/mol. The molecule has 2 aliphatic heterocycles. The molecule has 10 atom stereocenters. The van der Waals surface area contributed by atoms with E-state index in [-0.39, 0.29) is 11.6 Å². The fourth-order valence-electron chi connectivity index (χ4n) is 4.68. The Morgan fingerprint density at radius 1 is 0.740 bits per heavy atom. The molecule has 0 unspecified atom stereocenters. The highest BCUT2D eigenvalue weighted by Gasteiger charge is 2.56. The van der Waals surface area contributed by atoms with Crippen LogP contribution >= 0.6 is 34.8 Å². The van der Waals surface area contributed by atoms with Crippen LogP contribution in [0.5, 0.6) is 0 Å². The lowest BCUT2D eigenvalue weighted by molar-refractivity contribution is -0.346. The zero-order chi connectivity index (χ0) is 38.4. The molecule has 0 aromatic rings. The van der Waals surface area contributed by atoms with Crippen LogP contribution in [0.2, 0.25) is 18.1 Å². The summed E-state index contributed by atoms with van der Waals surface area (Å²) in [7, 11) is -2.49. The molecule has 2 heterocycles. The standard InChI is InChI=1S/C29H46Cl3NO16Si/c1-13(34)41-10-17-22(44-14(2)35)23(45-15(3)36)24(46-16(4)37)26(48-17)49-21-18(11-43-50(8,9)28(5,6)7)47-25(39)19(20(21)38)33-27(40)42-12-29(30,31)32/h17-26,38-39H,10-12H2,1-9H3,(H,33,40)/t17-,18-,19-,20-,21-,22+,23+,24-,25-,26+/m1/s1. The third kappa shape index (κ3) is 13.2. The van der Waals surface area contributed by atoms with Crippen LogP contribution in [0.1, 0.15) is 48.5 Å². The van der Waals surface area contributed by atoms with E-state index in [4.69, 9.17) is 77.1 Å². The smallest absolute Gasteiger partial charge is 0.407 e. The molecule has 0 saturated carbocycles. The molecular formula is C29H46Cl3NO16Si. The van der Waals surface area contributed by atoms with Gasteiger partial charge >= 0.3 is 30.0 Å². The third-order valence-corrected chi connectivity index (χ3v) is 12.8. The summed E-state index contributed by atoms with van der Waals surface area (Å²) in [5, 5.41) is 24.5. The second kappa shape index (κ2) is 18.2. The SMILES string of the molecule is CC(=O)OC[C@H]1O[C@@H](O[C@H]2[C@H](O)[C@@H](NC(=O)OCC(Cl)(Cl)Cl)[C@H](O)O[C@@H]2CO[Si](C)(C)C(C)(C)C)[C@H](OC(C)=O)[C@@H](OC(C)=O)[C@H]1OC(C)=O. The summed E-state index contributed by atoms with van der Waals surface area (Å²) in [6.45, 7) is 12.6. The Morgan fingerprint density at radius 2 is 1.26 bits per heavy atom. The number of halogens is 3. The minimum Gasteiger partial charge on any atom is -0.463 e. The van der Waals surface area contributed by atoms with Gasteiger partial charge in [0.1, 0.15) is 43.7 Å². The van der Waals surface area contributed by atoms with Gasteiger partial charge in [-0.05, 0) is 18.1 Å². The lowest BCUT2D eigenvalue weighted by atomic mass is 9.95. The van der Waals surface area contributed by atoms with Gasteiger partial charge in [-0.15, -0.1) is 0 Å². The average molecular weight is 799 g/mol. The van der Waals surface area contributed by atoms with E-state index in [9.17, 15) is 34.2 Å². The van der Waals surface area contributed by atoms with Crippen LogP contribution in [0, 0.1) is 0 Å². The molecule has 21 heteroatoms. The summed E-state index contributed by atoms with van der Waals surface area (Å²) in [4.78, 5) is 61.0. The maximum atomic E-state index is 12.5. The van der Waals surface area contributed by atoms with Gasteiger partial charge in [-0.2, -0.15) is 0 Å². The number of aliphatic hydroxyl groups is 2. The first kappa shape index (κ1) is 44.2. The number of rotatable bonds is 12. The third-order valence-electron chi connectivity index (χ3n) is 8.00. The van der Waals surface area contributed by atoms with Gasteiger partial charge in [0, 0.05) is 27.7 Å². The van der Waals surface area contributed by atoms with Crippen molar-refractivity contribution in [3.05, 3.63) is 0 Å². The molecule has 0 bridgehead atoms. The number of carbonyl (C=O) groups excluding carboxylic acids is 5. The van der Waals surface area contributed by atoms with Crippen molar-refractivity contribution in [1.29, 1.82) is 0 Å². The van der Waals surface area contributed by atoms with Gasteiger partial charge in [0.15, 0.2) is 39.2 Å². The van der Waals surface area contributed by atoms with Gasteiger partial charge in [-0.1, -0.05) is 55.6 Å². The Balaban J connectivity index is 2.59. The van der Waals surface area contributed by atoms with Crippen molar-refractivity contribution in [2.24, 2.45) is 0 Å². The number of ether oxygens (including phenoxy) is 8.